The van der Waals surface area contributed by atoms with Gasteiger partial charge in [-0.25, -0.2) is 9.37 Å². The van der Waals surface area contributed by atoms with E-state index in [-0.39, 0.29) is 6.04 Å². The van der Waals surface area contributed by atoms with E-state index in [2.05, 4.69) is 10.3 Å². The lowest BCUT2D eigenvalue weighted by atomic mass is 9.69. The van der Waals surface area contributed by atoms with Crippen molar-refractivity contribution in [1.82, 2.24) is 4.98 Å². The molecule has 3 heterocycles. The van der Waals surface area contributed by atoms with Gasteiger partial charge in [0.05, 0.1) is 0 Å². The van der Waals surface area contributed by atoms with Gasteiger partial charge in [-0.15, -0.1) is 0 Å². The maximum Gasteiger partial charge on any atom is 0.200 e. The molecule has 1 aromatic heterocycles. The fourth-order valence-electron chi connectivity index (χ4n) is 3.06. The molecule has 0 aromatic carbocycles. The molecule has 2 aliphatic heterocycles. The van der Waals surface area contributed by atoms with Gasteiger partial charge in [0.25, 0.3) is 0 Å². The van der Waals surface area contributed by atoms with Crippen molar-refractivity contribution in [3.05, 3.63) is 22.9 Å². The highest BCUT2D eigenvalue weighted by molar-refractivity contribution is 5.57. The van der Waals surface area contributed by atoms with Crippen LogP contribution < -0.4 is 5.32 Å². The summed E-state index contributed by atoms with van der Waals surface area (Å²) in [4.78, 5) is 4.55. The highest BCUT2D eigenvalue weighted by atomic mass is 19.1. The highest BCUT2D eigenvalue weighted by Gasteiger charge is 2.52. The Morgan fingerprint density at radius 3 is 2.74 bits per heavy atom. The molecule has 1 saturated carbocycles. The molecule has 1 aromatic rings. The average molecular weight is 266 g/mol. The Labute approximate surface area is 112 Å². The Hall–Kier alpha value is -1.20. The van der Waals surface area contributed by atoms with E-state index in [1.165, 1.54) is 0 Å². The number of ether oxygens (including phenoxy) is 2. The molecule has 104 valence electrons. The minimum absolute atomic E-state index is 0.217. The summed E-state index contributed by atoms with van der Waals surface area (Å²) in [7, 11) is 3.16. The summed E-state index contributed by atoms with van der Waals surface area (Å²) in [5, 5.41) is 3.28. The molecule has 2 bridgehead atoms. The molecule has 0 saturated heterocycles. The SMILES string of the molecule is CCc1cc2c(nc1C(OC)OC)NC1CC2(F)C1. The van der Waals surface area contributed by atoms with E-state index in [1.807, 2.05) is 13.0 Å². The van der Waals surface area contributed by atoms with E-state index < -0.39 is 12.0 Å². The van der Waals surface area contributed by atoms with Gasteiger partial charge < -0.3 is 14.8 Å². The van der Waals surface area contributed by atoms with Gasteiger partial charge in [0.15, 0.2) is 0 Å². The Morgan fingerprint density at radius 2 is 2.16 bits per heavy atom. The number of alkyl halides is 1. The van der Waals surface area contributed by atoms with Gasteiger partial charge >= 0.3 is 0 Å². The van der Waals surface area contributed by atoms with Crippen LogP contribution in [-0.4, -0.2) is 25.2 Å². The average Bonchev–Trinajstić information content (AvgIpc) is 2.38. The lowest BCUT2D eigenvalue weighted by Gasteiger charge is -2.48. The zero-order valence-corrected chi connectivity index (χ0v) is 11.5. The van der Waals surface area contributed by atoms with Gasteiger partial charge in [0.2, 0.25) is 6.29 Å². The molecule has 1 fully saturated rings. The summed E-state index contributed by atoms with van der Waals surface area (Å²) < 4.78 is 25.2. The number of hydrogen-bond donors (Lipinski definition) is 1. The Balaban J connectivity index is 2.08. The molecule has 3 aliphatic rings. The van der Waals surface area contributed by atoms with E-state index >= 15 is 0 Å². The Kier molecular flexibility index (Phi) is 2.98. The number of nitrogens with zero attached hydrogens (tertiary/aromatic N) is 1. The van der Waals surface area contributed by atoms with Crippen LogP contribution >= 0.6 is 0 Å². The van der Waals surface area contributed by atoms with Crippen LogP contribution in [0.5, 0.6) is 0 Å². The molecule has 0 radical (unpaired) electrons. The largest absolute Gasteiger partial charge is 0.367 e. The highest BCUT2D eigenvalue weighted by Crippen LogP contribution is 2.53. The summed E-state index contributed by atoms with van der Waals surface area (Å²) in [6.45, 7) is 2.03. The molecule has 0 atom stereocenters. The summed E-state index contributed by atoms with van der Waals surface area (Å²) in [5.74, 6) is 0.649. The second-order valence-corrected chi connectivity index (χ2v) is 5.30. The molecule has 4 rings (SSSR count). The molecule has 1 aliphatic carbocycles. The van der Waals surface area contributed by atoms with Crippen LogP contribution in [0.3, 0.4) is 0 Å². The molecule has 0 unspecified atom stereocenters. The van der Waals surface area contributed by atoms with E-state index in [0.717, 1.165) is 17.7 Å². The minimum atomic E-state index is -1.18. The standard InChI is InChI=1S/C14H19FN2O2/c1-4-8-5-10-12(16-9-6-14(10,15)7-9)17-11(8)13(18-2)19-3/h5,9,13H,4,6-7H2,1-3H3,(H,16,17). The molecular weight excluding hydrogens is 247 g/mol. The molecule has 0 amide bonds. The van der Waals surface area contributed by atoms with E-state index in [0.29, 0.717) is 24.2 Å². The van der Waals surface area contributed by atoms with Crippen LogP contribution in [0.2, 0.25) is 0 Å². The molecule has 19 heavy (non-hydrogen) atoms. The first-order valence-corrected chi connectivity index (χ1v) is 6.66. The first-order chi connectivity index (χ1) is 9.11. The third-order valence-electron chi connectivity index (χ3n) is 4.13. The molecule has 4 nitrogen and oxygen atoms in total. The number of pyridine rings is 1. The quantitative estimate of drug-likeness (QED) is 0.851. The summed E-state index contributed by atoms with van der Waals surface area (Å²) >= 11 is 0. The van der Waals surface area contributed by atoms with Gasteiger partial charge in [-0.2, -0.15) is 0 Å². The number of anilines is 1. The number of rotatable bonds is 4. The van der Waals surface area contributed by atoms with Gasteiger partial charge in [-0.3, -0.25) is 0 Å². The van der Waals surface area contributed by atoms with Crippen molar-refractivity contribution in [3.63, 3.8) is 0 Å². The lowest BCUT2D eigenvalue weighted by Crippen LogP contribution is -2.50. The summed E-state index contributed by atoms with van der Waals surface area (Å²) in [6.07, 6.45) is 1.39. The fourth-order valence-corrected chi connectivity index (χ4v) is 3.06. The van der Waals surface area contributed by atoms with Crippen molar-refractivity contribution < 1.29 is 13.9 Å². The number of methoxy groups -OCH3 is 2. The first-order valence-electron chi connectivity index (χ1n) is 6.66. The van der Waals surface area contributed by atoms with Crippen molar-refractivity contribution in [3.8, 4) is 0 Å². The van der Waals surface area contributed by atoms with Gasteiger partial charge in [-0.1, -0.05) is 6.92 Å². The number of halogens is 1. The third kappa shape index (κ3) is 1.83. The monoisotopic (exact) mass is 266 g/mol. The van der Waals surface area contributed by atoms with E-state index in [4.69, 9.17) is 9.47 Å². The van der Waals surface area contributed by atoms with Crippen molar-refractivity contribution in [2.75, 3.05) is 19.5 Å². The van der Waals surface area contributed by atoms with Gasteiger partial charge in [0, 0.05) is 38.7 Å². The Bertz CT molecular complexity index is 496. The first kappa shape index (κ1) is 12.8. The van der Waals surface area contributed by atoms with Crippen LogP contribution in [0.25, 0.3) is 0 Å². The number of aromatic nitrogens is 1. The normalized spacial score (nSPS) is 27.7. The Morgan fingerprint density at radius 1 is 1.47 bits per heavy atom. The molecule has 0 spiro atoms. The molecular formula is C14H19FN2O2. The van der Waals surface area contributed by atoms with Gasteiger partial charge in [-0.05, 0) is 18.1 Å². The maximum atomic E-state index is 14.6. The maximum absolute atomic E-state index is 14.6. The van der Waals surface area contributed by atoms with Crippen LogP contribution in [0.15, 0.2) is 6.07 Å². The molecule has 1 N–H and O–H groups in total. The predicted octanol–water partition coefficient (Wildman–Crippen LogP) is 2.69. The predicted molar refractivity (Wildman–Crippen MR) is 69.8 cm³/mol. The van der Waals surface area contributed by atoms with Crippen LogP contribution in [-0.2, 0) is 21.6 Å². The number of aryl methyl sites for hydroxylation is 1. The third-order valence-corrected chi connectivity index (χ3v) is 4.13. The van der Waals surface area contributed by atoms with Crippen molar-refractivity contribution >= 4 is 5.82 Å². The second-order valence-electron chi connectivity index (χ2n) is 5.30. The smallest absolute Gasteiger partial charge is 0.200 e. The van der Waals surface area contributed by atoms with E-state index in [9.17, 15) is 4.39 Å². The lowest BCUT2D eigenvalue weighted by molar-refractivity contribution is -0.109. The van der Waals surface area contributed by atoms with Gasteiger partial charge in [0.1, 0.15) is 17.2 Å². The molecule has 5 heteroatoms. The van der Waals surface area contributed by atoms with Crippen LogP contribution in [0.4, 0.5) is 10.2 Å². The zero-order valence-electron chi connectivity index (χ0n) is 11.5. The second kappa shape index (κ2) is 4.42. The summed E-state index contributed by atoms with van der Waals surface area (Å²) in [6, 6.07) is 2.14. The van der Waals surface area contributed by atoms with Crippen LogP contribution in [0, 0.1) is 0 Å². The van der Waals surface area contributed by atoms with Crippen LogP contribution in [0.1, 0.15) is 42.9 Å². The van der Waals surface area contributed by atoms with Crippen molar-refractivity contribution in [2.45, 2.75) is 44.2 Å². The van der Waals surface area contributed by atoms with Crippen molar-refractivity contribution in [2.24, 2.45) is 0 Å². The summed E-state index contributed by atoms with van der Waals surface area (Å²) in [5.41, 5.74) is 1.23. The zero-order chi connectivity index (χ0) is 13.6. The number of nitrogens with one attached hydrogen (secondary N) is 1. The minimum Gasteiger partial charge on any atom is -0.367 e. The van der Waals surface area contributed by atoms with Crippen molar-refractivity contribution in [1.29, 1.82) is 0 Å². The van der Waals surface area contributed by atoms with E-state index in [1.54, 1.807) is 14.2 Å². The number of hydrogen-bond acceptors (Lipinski definition) is 4. The fraction of sp³-hybridized carbons (Fsp3) is 0.643. The topological polar surface area (TPSA) is 43.4 Å².